The molecule has 0 saturated heterocycles. The minimum absolute atomic E-state index is 0.533. The molecular formula is C32H22Si. The van der Waals surface area contributed by atoms with Crippen molar-refractivity contribution in [2.75, 3.05) is 0 Å². The van der Waals surface area contributed by atoms with Gasteiger partial charge in [-0.05, 0) is 54.2 Å². The molecule has 1 heteroatoms. The summed E-state index contributed by atoms with van der Waals surface area (Å²) in [5, 5.41) is 8.08. The van der Waals surface area contributed by atoms with Crippen molar-refractivity contribution in [2.24, 2.45) is 0 Å². The zero-order chi connectivity index (χ0) is 22.0. The van der Waals surface area contributed by atoms with Gasteiger partial charge in [0.1, 0.15) is 9.52 Å². The van der Waals surface area contributed by atoms with E-state index in [1.807, 2.05) is 0 Å². The lowest BCUT2D eigenvalue weighted by Crippen LogP contribution is -2.31. The second-order valence-corrected chi connectivity index (χ2v) is 9.53. The summed E-state index contributed by atoms with van der Waals surface area (Å²) in [6.07, 6.45) is 0. The van der Waals surface area contributed by atoms with E-state index in [9.17, 15) is 0 Å². The van der Waals surface area contributed by atoms with Gasteiger partial charge in [0.15, 0.2) is 0 Å². The molecular weight excluding hydrogens is 412 g/mol. The van der Waals surface area contributed by atoms with Crippen LogP contribution in [0.4, 0.5) is 0 Å². The zero-order valence-electron chi connectivity index (χ0n) is 18.2. The molecule has 0 bridgehead atoms. The van der Waals surface area contributed by atoms with Gasteiger partial charge in [0.2, 0.25) is 0 Å². The molecule has 33 heavy (non-hydrogen) atoms. The third kappa shape index (κ3) is 3.67. The van der Waals surface area contributed by atoms with Crippen molar-refractivity contribution in [3.8, 4) is 22.3 Å². The highest BCUT2D eigenvalue weighted by Crippen LogP contribution is 2.25. The first-order valence-corrected chi connectivity index (χ1v) is 12.3. The normalized spacial score (nSPS) is 11.2. The van der Waals surface area contributed by atoms with Crippen LogP contribution in [0.5, 0.6) is 0 Å². The van der Waals surface area contributed by atoms with Crippen molar-refractivity contribution in [3.05, 3.63) is 133 Å². The number of hydrogen-bond acceptors (Lipinski definition) is 0. The summed E-state index contributed by atoms with van der Waals surface area (Å²) in [4.78, 5) is 0. The quantitative estimate of drug-likeness (QED) is 0.263. The summed E-state index contributed by atoms with van der Waals surface area (Å²) in [6.45, 7) is 0. The zero-order valence-corrected chi connectivity index (χ0v) is 19.2. The van der Waals surface area contributed by atoms with Crippen LogP contribution in [-0.2, 0) is 0 Å². The van der Waals surface area contributed by atoms with E-state index in [2.05, 4.69) is 133 Å². The SMILES string of the molecule is c1ccc(-c2ccc3ccccc3c2[Si]c2c(-c3ccccc3)ccc3ccccc23)cc1. The Kier molecular flexibility index (Phi) is 5.10. The average molecular weight is 435 g/mol. The second-order valence-electron chi connectivity index (χ2n) is 8.28. The molecule has 0 aliphatic carbocycles. The number of benzene rings is 6. The lowest BCUT2D eigenvalue weighted by Gasteiger charge is -2.17. The van der Waals surface area contributed by atoms with Crippen LogP contribution in [0.25, 0.3) is 43.8 Å². The van der Waals surface area contributed by atoms with Crippen molar-refractivity contribution >= 4 is 41.4 Å². The topological polar surface area (TPSA) is 0 Å². The lowest BCUT2D eigenvalue weighted by molar-refractivity contribution is 1.65. The molecule has 0 nitrogen and oxygen atoms in total. The first-order chi connectivity index (χ1) is 16.4. The van der Waals surface area contributed by atoms with Gasteiger partial charge in [-0.3, -0.25) is 0 Å². The van der Waals surface area contributed by atoms with Crippen molar-refractivity contribution in [3.63, 3.8) is 0 Å². The molecule has 0 atom stereocenters. The molecule has 0 saturated carbocycles. The van der Waals surface area contributed by atoms with Crippen LogP contribution < -0.4 is 10.4 Å². The molecule has 0 N–H and O–H groups in total. The fraction of sp³-hybridized carbons (Fsp3) is 0. The summed E-state index contributed by atoms with van der Waals surface area (Å²) < 4.78 is 0. The first-order valence-electron chi connectivity index (χ1n) is 11.3. The summed E-state index contributed by atoms with van der Waals surface area (Å²) in [5.74, 6) is 0. The Bertz CT molecular complexity index is 1450. The minimum atomic E-state index is 0.533. The fourth-order valence-electron chi connectivity index (χ4n) is 4.65. The minimum Gasteiger partial charge on any atom is -0.0622 e. The first kappa shape index (κ1) is 19.7. The van der Waals surface area contributed by atoms with Crippen molar-refractivity contribution in [1.82, 2.24) is 0 Å². The number of hydrogen-bond donors (Lipinski definition) is 0. The molecule has 0 aromatic heterocycles. The van der Waals surface area contributed by atoms with Crippen LogP contribution in [0, 0.1) is 0 Å². The Labute approximate surface area is 197 Å². The molecule has 0 aliphatic rings. The maximum atomic E-state index is 2.30. The van der Waals surface area contributed by atoms with E-state index in [0.717, 1.165) is 0 Å². The van der Waals surface area contributed by atoms with Crippen molar-refractivity contribution in [2.45, 2.75) is 0 Å². The highest BCUT2D eigenvalue weighted by atomic mass is 28.2. The molecule has 0 fully saturated rings. The van der Waals surface area contributed by atoms with Crippen LogP contribution in [-0.4, -0.2) is 9.52 Å². The highest BCUT2D eigenvalue weighted by molar-refractivity contribution is 6.74. The van der Waals surface area contributed by atoms with E-state index in [0.29, 0.717) is 9.52 Å². The monoisotopic (exact) mass is 434 g/mol. The summed E-state index contributed by atoms with van der Waals surface area (Å²) in [5.41, 5.74) is 5.18. The third-order valence-corrected chi connectivity index (χ3v) is 7.85. The van der Waals surface area contributed by atoms with E-state index in [4.69, 9.17) is 0 Å². The Morgan fingerprint density at radius 3 is 1.18 bits per heavy atom. The smallest absolute Gasteiger partial charge is 0.0622 e. The van der Waals surface area contributed by atoms with Crippen LogP contribution in [0.15, 0.2) is 133 Å². The van der Waals surface area contributed by atoms with Gasteiger partial charge in [0, 0.05) is 0 Å². The predicted octanol–water partition coefficient (Wildman–Crippen LogP) is 6.98. The molecule has 0 spiro atoms. The number of rotatable bonds is 4. The molecule has 0 amide bonds. The fourth-order valence-corrected chi connectivity index (χ4v) is 6.35. The molecule has 0 heterocycles. The molecule has 6 aromatic carbocycles. The van der Waals surface area contributed by atoms with Gasteiger partial charge in [-0.15, -0.1) is 0 Å². The maximum absolute atomic E-state index is 2.30. The van der Waals surface area contributed by atoms with E-state index in [-0.39, 0.29) is 0 Å². The standard InChI is InChI=1S/C32H22Si/c1-3-11-23(12-4-1)29-21-19-25-15-7-9-17-27(25)31(29)33-32-28-18-10-8-16-26(28)20-22-30(32)24-13-5-2-6-14-24/h1-22H. The van der Waals surface area contributed by atoms with Gasteiger partial charge in [-0.1, -0.05) is 133 Å². The van der Waals surface area contributed by atoms with Crippen LogP contribution in [0.2, 0.25) is 0 Å². The van der Waals surface area contributed by atoms with Gasteiger partial charge < -0.3 is 0 Å². The van der Waals surface area contributed by atoms with Crippen molar-refractivity contribution < 1.29 is 0 Å². The molecule has 6 rings (SSSR count). The van der Waals surface area contributed by atoms with Crippen LogP contribution >= 0.6 is 0 Å². The van der Waals surface area contributed by atoms with E-state index in [1.54, 1.807) is 0 Å². The van der Waals surface area contributed by atoms with Gasteiger partial charge in [0.05, 0.1) is 0 Å². The van der Waals surface area contributed by atoms with Gasteiger partial charge in [-0.25, -0.2) is 0 Å². The van der Waals surface area contributed by atoms with Crippen molar-refractivity contribution in [1.29, 1.82) is 0 Å². The van der Waals surface area contributed by atoms with E-state index < -0.39 is 0 Å². The Hall–Kier alpha value is -3.94. The predicted molar refractivity (Wildman–Crippen MR) is 144 cm³/mol. The summed E-state index contributed by atoms with van der Waals surface area (Å²) in [6, 6.07) is 48.3. The lowest BCUT2D eigenvalue weighted by atomic mass is 10.0. The largest absolute Gasteiger partial charge is 0.124 e. The molecule has 154 valence electrons. The highest BCUT2D eigenvalue weighted by Gasteiger charge is 2.16. The summed E-state index contributed by atoms with van der Waals surface area (Å²) in [7, 11) is 0.533. The average Bonchev–Trinajstić information content (AvgIpc) is 2.90. The summed E-state index contributed by atoms with van der Waals surface area (Å²) >= 11 is 0. The molecule has 0 unspecified atom stereocenters. The second kappa shape index (κ2) is 8.53. The Balaban J connectivity index is 1.65. The van der Waals surface area contributed by atoms with Crippen LogP contribution in [0.3, 0.4) is 0 Å². The van der Waals surface area contributed by atoms with E-state index >= 15 is 0 Å². The Morgan fingerprint density at radius 2 is 0.727 bits per heavy atom. The molecule has 6 aromatic rings. The van der Waals surface area contributed by atoms with Gasteiger partial charge in [0.25, 0.3) is 0 Å². The maximum Gasteiger partial charge on any atom is 0.124 e. The van der Waals surface area contributed by atoms with Gasteiger partial charge >= 0.3 is 0 Å². The number of fused-ring (bicyclic) bond motifs is 2. The Morgan fingerprint density at radius 1 is 0.333 bits per heavy atom. The molecule has 0 aliphatic heterocycles. The van der Waals surface area contributed by atoms with Gasteiger partial charge in [-0.2, -0.15) is 0 Å². The molecule has 2 radical (unpaired) electrons. The van der Waals surface area contributed by atoms with Crippen LogP contribution in [0.1, 0.15) is 0 Å². The third-order valence-electron chi connectivity index (χ3n) is 6.28. The van der Waals surface area contributed by atoms with E-state index in [1.165, 1.54) is 54.2 Å².